The molecular formula is C15H16N2O3. The van der Waals surface area contributed by atoms with Crippen molar-refractivity contribution >= 4 is 11.4 Å². The largest absolute Gasteiger partial charge is 0.495 e. The molecule has 5 nitrogen and oxygen atoms in total. The number of hydrogen-bond acceptors (Lipinski definition) is 4. The highest BCUT2D eigenvalue weighted by atomic mass is 16.6. The van der Waals surface area contributed by atoms with E-state index < -0.39 is 0 Å². The standard InChI is InChI=1S/C15H16N2O3/c1-11-12(6-5-8-14(11)17(18)19)10-16-13-7-3-4-9-15(13)20-2/h3-9,16H,10H2,1-2H3. The highest BCUT2D eigenvalue weighted by Gasteiger charge is 2.13. The topological polar surface area (TPSA) is 64.4 Å². The van der Waals surface area contributed by atoms with Crippen molar-refractivity contribution in [2.24, 2.45) is 0 Å². The SMILES string of the molecule is COc1ccccc1NCc1cccc([N+](=O)[O-])c1C. The van der Waals surface area contributed by atoms with Gasteiger partial charge in [-0.15, -0.1) is 0 Å². The van der Waals surface area contributed by atoms with Crippen LogP contribution in [0, 0.1) is 17.0 Å². The lowest BCUT2D eigenvalue weighted by Gasteiger charge is -2.12. The molecule has 5 heteroatoms. The summed E-state index contributed by atoms with van der Waals surface area (Å²) >= 11 is 0. The average molecular weight is 272 g/mol. The van der Waals surface area contributed by atoms with Crippen LogP contribution in [0.2, 0.25) is 0 Å². The van der Waals surface area contributed by atoms with Crippen molar-refractivity contribution in [3.8, 4) is 5.75 Å². The molecule has 0 aliphatic heterocycles. The van der Waals surface area contributed by atoms with Gasteiger partial charge >= 0.3 is 0 Å². The summed E-state index contributed by atoms with van der Waals surface area (Å²) in [7, 11) is 1.61. The smallest absolute Gasteiger partial charge is 0.272 e. The Morgan fingerprint density at radius 1 is 1.20 bits per heavy atom. The number of benzene rings is 2. The number of hydrogen-bond donors (Lipinski definition) is 1. The van der Waals surface area contributed by atoms with E-state index in [0.29, 0.717) is 12.1 Å². The zero-order valence-corrected chi connectivity index (χ0v) is 11.4. The second-order valence-corrected chi connectivity index (χ2v) is 4.37. The second kappa shape index (κ2) is 6.06. The van der Waals surface area contributed by atoms with Gasteiger partial charge in [-0.1, -0.05) is 24.3 Å². The van der Waals surface area contributed by atoms with Gasteiger partial charge in [0.15, 0.2) is 0 Å². The number of anilines is 1. The molecule has 0 bridgehead atoms. The normalized spacial score (nSPS) is 10.1. The van der Waals surface area contributed by atoms with Crippen LogP contribution >= 0.6 is 0 Å². The Morgan fingerprint density at radius 2 is 1.95 bits per heavy atom. The fourth-order valence-corrected chi connectivity index (χ4v) is 2.04. The molecule has 0 amide bonds. The number of para-hydroxylation sites is 2. The van der Waals surface area contributed by atoms with Crippen molar-refractivity contribution in [1.29, 1.82) is 0 Å². The molecule has 0 saturated carbocycles. The third-order valence-corrected chi connectivity index (χ3v) is 3.19. The minimum atomic E-state index is -0.359. The van der Waals surface area contributed by atoms with E-state index in [1.165, 1.54) is 6.07 Å². The second-order valence-electron chi connectivity index (χ2n) is 4.37. The first-order chi connectivity index (χ1) is 9.63. The number of nitrogens with one attached hydrogen (secondary N) is 1. The van der Waals surface area contributed by atoms with Gasteiger partial charge in [-0.05, 0) is 24.6 Å². The van der Waals surface area contributed by atoms with Gasteiger partial charge in [-0.25, -0.2) is 0 Å². The van der Waals surface area contributed by atoms with Gasteiger partial charge in [0.05, 0.1) is 17.7 Å². The van der Waals surface area contributed by atoms with E-state index in [9.17, 15) is 10.1 Å². The molecular weight excluding hydrogens is 256 g/mol. The number of nitro groups is 1. The van der Waals surface area contributed by atoms with E-state index in [1.54, 1.807) is 20.1 Å². The average Bonchev–Trinajstić information content (AvgIpc) is 2.46. The Hall–Kier alpha value is -2.56. The van der Waals surface area contributed by atoms with Crippen LogP contribution in [0.1, 0.15) is 11.1 Å². The molecule has 1 N–H and O–H groups in total. The van der Waals surface area contributed by atoms with Gasteiger partial charge in [0.25, 0.3) is 5.69 Å². The maximum atomic E-state index is 10.9. The van der Waals surface area contributed by atoms with Gasteiger partial charge in [0, 0.05) is 18.2 Å². The maximum Gasteiger partial charge on any atom is 0.272 e. The Labute approximate surface area is 117 Å². The van der Waals surface area contributed by atoms with Gasteiger partial charge in [0.1, 0.15) is 5.75 Å². The zero-order chi connectivity index (χ0) is 14.5. The summed E-state index contributed by atoms with van der Waals surface area (Å²) in [6.45, 7) is 2.27. The first-order valence-electron chi connectivity index (χ1n) is 6.23. The molecule has 0 fully saturated rings. The van der Waals surface area contributed by atoms with Gasteiger partial charge in [-0.3, -0.25) is 10.1 Å². The van der Waals surface area contributed by atoms with Crippen LogP contribution in [-0.2, 0) is 6.54 Å². The summed E-state index contributed by atoms with van der Waals surface area (Å²) in [6.07, 6.45) is 0. The molecule has 2 aromatic rings. The molecule has 0 heterocycles. The molecule has 0 aromatic heterocycles. The Balaban J connectivity index is 2.19. The van der Waals surface area contributed by atoms with Crippen LogP contribution in [0.15, 0.2) is 42.5 Å². The number of rotatable bonds is 5. The predicted molar refractivity (Wildman–Crippen MR) is 78.2 cm³/mol. The van der Waals surface area contributed by atoms with Crippen molar-refractivity contribution in [3.63, 3.8) is 0 Å². The first-order valence-corrected chi connectivity index (χ1v) is 6.23. The fraction of sp³-hybridized carbons (Fsp3) is 0.200. The lowest BCUT2D eigenvalue weighted by atomic mass is 10.1. The summed E-state index contributed by atoms with van der Waals surface area (Å²) in [4.78, 5) is 10.6. The van der Waals surface area contributed by atoms with E-state index in [1.807, 2.05) is 30.3 Å². The lowest BCUT2D eigenvalue weighted by molar-refractivity contribution is -0.385. The minimum Gasteiger partial charge on any atom is -0.495 e. The van der Waals surface area contributed by atoms with Crippen molar-refractivity contribution in [3.05, 3.63) is 63.7 Å². The molecule has 2 rings (SSSR count). The molecule has 0 saturated heterocycles. The maximum absolute atomic E-state index is 10.9. The molecule has 0 aliphatic rings. The number of nitro benzene ring substituents is 1. The highest BCUT2D eigenvalue weighted by Crippen LogP contribution is 2.26. The molecule has 104 valence electrons. The van der Waals surface area contributed by atoms with Gasteiger partial charge in [-0.2, -0.15) is 0 Å². The van der Waals surface area contributed by atoms with Crippen LogP contribution in [-0.4, -0.2) is 12.0 Å². The molecule has 0 spiro atoms. The van der Waals surface area contributed by atoms with Crippen molar-refractivity contribution in [2.45, 2.75) is 13.5 Å². The molecule has 0 aliphatic carbocycles. The summed E-state index contributed by atoms with van der Waals surface area (Å²) in [5.41, 5.74) is 2.58. The molecule has 2 aromatic carbocycles. The molecule has 0 radical (unpaired) electrons. The summed E-state index contributed by atoms with van der Waals surface area (Å²) in [5.74, 6) is 0.746. The van der Waals surface area contributed by atoms with Crippen LogP contribution in [0.25, 0.3) is 0 Å². The minimum absolute atomic E-state index is 0.143. The first kappa shape index (κ1) is 13.9. The number of nitrogens with zero attached hydrogens (tertiary/aromatic N) is 1. The van der Waals surface area contributed by atoms with Gasteiger partial charge in [0.2, 0.25) is 0 Å². The Morgan fingerprint density at radius 3 is 2.65 bits per heavy atom. The van der Waals surface area contributed by atoms with Crippen molar-refractivity contribution < 1.29 is 9.66 Å². The summed E-state index contributed by atoms with van der Waals surface area (Å²) in [5, 5.41) is 14.2. The molecule has 20 heavy (non-hydrogen) atoms. The quantitative estimate of drug-likeness (QED) is 0.668. The molecule has 0 atom stereocenters. The van der Waals surface area contributed by atoms with Crippen LogP contribution in [0.3, 0.4) is 0 Å². The third kappa shape index (κ3) is 2.88. The Bertz CT molecular complexity index is 626. The Kier molecular flexibility index (Phi) is 4.20. The van der Waals surface area contributed by atoms with E-state index in [0.717, 1.165) is 17.0 Å². The summed E-state index contributed by atoms with van der Waals surface area (Å²) in [6, 6.07) is 12.7. The fourth-order valence-electron chi connectivity index (χ4n) is 2.04. The number of ether oxygens (including phenoxy) is 1. The van der Waals surface area contributed by atoms with E-state index in [2.05, 4.69) is 5.32 Å². The third-order valence-electron chi connectivity index (χ3n) is 3.19. The van der Waals surface area contributed by atoms with Crippen molar-refractivity contribution in [1.82, 2.24) is 0 Å². The van der Waals surface area contributed by atoms with E-state index >= 15 is 0 Å². The van der Waals surface area contributed by atoms with Crippen LogP contribution < -0.4 is 10.1 Å². The van der Waals surface area contributed by atoms with Gasteiger partial charge < -0.3 is 10.1 Å². The predicted octanol–water partition coefficient (Wildman–Crippen LogP) is 3.52. The molecule has 0 unspecified atom stereocenters. The van der Waals surface area contributed by atoms with Crippen LogP contribution in [0.4, 0.5) is 11.4 Å². The van der Waals surface area contributed by atoms with E-state index in [4.69, 9.17) is 4.74 Å². The van der Waals surface area contributed by atoms with E-state index in [-0.39, 0.29) is 10.6 Å². The monoisotopic (exact) mass is 272 g/mol. The lowest BCUT2D eigenvalue weighted by Crippen LogP contribution is -2.04. The number of methoxy groups -OCH3 is 1. The highest BCUT2D eigenvalue weighted by molar-refractivity contribution is 5.57. The summed E-state index contributed by atoms with van der Waals surface area (Å²) < 4.78 is 5.26. The van der Waals surface area contributed by atoms with Crippen LogP contribution in [0.5, 0.6) is 5.75 Å². The van der Waals surface area contributed by atoms with Crippen molar-refractivity contribution in [2.75, 3.05) is 12.4 Å². The zero-order valence-electron chi connectivity index (χ0n) is 11.4.